The molecule has 0 aromatic carbocycles. The Balaban J connectivity index is 4.32. The van der Waals surface area contributed by atoms with Crippen LogP contribution in [-0.4, -0.2) is 73.4 Å². The van der Waals surface area contributed by atoms with Gasteiger partial charge in [0.05, 0.1) is 39.9 Å². The molecule has 3 atom stereocenters. The van der Waals surface area contributed by atoms with Crippen LogP contribution in [0.5, 0.6) is 0 Å². The zero-order valence-electron chi connectivity index (χ0n) is 35.5. The molecule has 0 aliphatic heterocycles. The first kappa shape index (κ1) is 52.0. The molecular weight excluding hydrogens is 683 g/mol. The van der Waals surface area contributed by atoms with Crippen LogP contribution in [0.15, 0.2) is 24.3 Å². The van der Waals surface area contributed by atoms with Crippen molar-refractivity contribution in [2.75, 3.05) is 40.9 Å². The van der Waals surface area contributed by atoms with Gasteiger partial charge >= 0.3 is 7.82 Å². The Morgan fingerprint density at radius 3 is 1.51 bits per heavy atom. The SMILES string of the molecule is CCCCCCC/C=C/CC/C=C/[C@@H](O)[C@H](COP(=O)(O)OCC[N+](C)(C)C)NC(=O)CCCCCCCCCCCCCCCCCCCCCC. The van der Waals surface area contributed by atoms with E-state index >= 15 is 0 Å². The maximum Gasteiger partial charge on any atom is 0.472 e. The van der Waals surface area contributed by atoms with Gasteiger partial charge in [-0.3, -0.25) is 13.8 Å². The number of phosphoric ester groups is 1. The van der Waals surface area contributed by atoms with E-state index in [1.807, 2.05) is 27.2 Å². The fourth-order valence-electron chi connectivity index (χ4n) is 6.35. The number of hydrogen-bond donors (Lipinski definition) is 3. The number of carbonyl (C=O) groups excluding carboxylic acids is 1. The van der Waals surface area contributed by atoms with E-state index in [4.69, 9.17) is 9.05 Å². The van der Waals surface area contributed by atoms with E-state index in [-0.39, 0.29) is 19.1 Å². The zero-order chi connectivity index (χ0) is 39.3. The second-order valence-electron chi connectivity index (χ2n) is 16.4. The number of phosphoric acid groups is 1. The van der Waals surface area contributed by atoms with Crippen LogP contribution in [0.2, 0.25) is 0 Å². The number of unbranched alkanes of at least 4 members (excludes halogenated alkanes) is 25. The van der Waals surface area contributed by atoms with E-state index in [1.165, 1.54) is 141 Å². The predicted octanol–water partition coefficient (Wildman–Crippen LogP) is 12.1. The summed E-state index contributed by atoms with van der Waals surface area (Å²) in [6.45, 7) is 4.77. The van der Waals surface area contributed by atoms with Gasteiger partial charge in [-0.25, -0.2) is 4.57 Å². The van der Waals surface area contributed by atoms with E-state index in [2.05, 4.69) is 31.3 Å². The van der Waals surface area contributed by atoms with Gasteiger partial charge in [0.2, 0.25) is 5.91 Å². The van der Waals surface area contributed by atoms with E-state index < -0.39 is 20.0 Å². The van der Waals surface area contributed by atoms with Gasteiger partial charge in [0.1, 0.15) is 13.2 Å². The number of nitrogens with zero attached hydrogens (tertiary/aromatic N) is 1. The number of allylic oxidation sites excluding steroid dienone is 3. The molecule has 0 aliphatic carbocycles. The molecule has 0 heterocycles. The van der Waals surface area contributed by atoms with Gasteiger partial charge in [0.15, 0.2) is 0 Å². The van der Waals surface area contributed by atoms with Crippen molar-refractivity contribution >= 4 is 13.7 Å². The van der Waals surface area contributed by atoms with Gasteiger partial charge in [0.25, 0.3) is 0 Å². The third kappa shape index (κ3) is 39.0. The second kappa shape index (κ2) is 36.6. The smallest absolute Gasteiger partial charge is 0.387 e. The van der Waals surface area contributed by atoms with Crippen molar-refractivity contribution in [3.8, 4) is 0 Å². The van der Waals surface area contributed by atoms with Crippen molar-refractivity contribution in [1.29, 1.82) is 0 Å². The van der Waals surface area contributed by atoms with Crippen molar-refractivity contribution in [1.82, 2.24) is 5.32 Å². The maximum atomic E-state index is 12.8. The first-order valence-corrected chi connectivity index (χ1v) is 23.7. The summed E-state index contributed by atoms with van der Waals surface area (Å²) in [4.78, 5) is 23.1. The van der Waals surface area contributed by atoms with Gasteiger partial charge in [-0.15, -0.1) is 0 Å². The third-order valence-corrected chi connectivity index (χ3v) is 10.9. The molecule has 314 valence electrons. The number of nitrogens with one attached hydrogen (secondary N) is 1. The summed E-state index contributed by atoms with van der Waals surface area (Å²) in [5, 5.41) is 13.8. The summed E-state index contributed by atoms with van der Waals surface area (Å²) in [5.74, 6) is -0.186. The number of aliphatic hydroxyl groups excluding tert-OH is 1. The van der Waals surface area contributed by atoms with Crippen molar-refractivity contribution in [3.63, 3.8) is 0 Å². The lowest BCUT2D eigenvalue weighted by Gasteiger charge is -2.25. The van der Waals surface area contributed by atoms with Gasteiger partial charge in [-0.2, -0.15) is 0 Å². The normalized spacial score (nSPS) is 14.6. The number of carbonyl (C=O) groups is 1. The van der Waals surface area contributed by atoms with Crippen molar-refractivity contribution in [2.24, 2.45) is 0 Å². The minimum Gasteiger partial charge on any atom is -0.387 e. The van der Waals surface area contributed by atoms with Crippen LogP contribution in [0.3, 0.4) is 0 Å². The summed E-state index contributed by atoms with van der Waals surface area (Å²) < 4.78 is 23.5. The van der Waals surface area contributed by atoms with Crippen molar-refractivity contribution in [2.45, 2.75) is 212 Å². The summed E-state index contributed by atoms with van der Waals surface area (Å²) in [6, 6.07) is -0.856. The van der Waals surface area contributed by atoms with Crippen LogP contribution in [-0.2, 0) is 18.4 Å². The van der Waals surface area contributed by atoms with E-state index in [0.29, 0.717) is 17.4 Å². The van der Waals surface area contributed by atoms with Crippen LogP contribution in [0.4, 0.5) is 0 Å². The molecule has 53 heavy (non-hydrogen) atoms. The molecule has 0 spiro atoms. The average Bonchev–Trinajstić information content (AvgIpc) is 3.10. The summed E-state index contributed by atoms with van der Waals surface area (Å²) in [5.41, 5.74) is 0. The summed E-state index contributed by atoms with van der Waals surface area (Å²) in [7, 11) is 1.56. The van der Waals surface area contributed by atoms with Crippen molar-refractivity contribution in [3.05, 3.63) is 24.3 Å². The minimum absolute atomic E-state index is 0.0580. The number of aliphatic hydroxyl groups is 1. The quantitative estimate of drug-likeness (QED) is 0.0248. The molecule has 0 aromatic rings. The maximum absolute atomic E-state index is 12.8. The number of hydrogen-bond acceptors (Lipinski definition) is 5. The Morgan fingerprint density at radius 1 is 0.623 bits per heavy atom. The Hall–Kier alpha value is -1.02. The van der Waals surface area contributed by atoms with Crippen LogP contribution in [0, 0.1) is 0 Å². The largest absolute Gasteiger partial charge is 0.472 e. The van der Waals surface area contributed by atoms with Crippen LogP contribution in [0.25, 0.3) is 0 Å². The average molecular weight is 772 g/mol. The van der Waals surface area contributed by atoms with Gasteiger partial charge in [0, 0.05) is 6.42 Å². The Labute approximate surface area is 328 Å². The number of likely N-dealkylation sites (N-methyl/N-ethyl adjacent to an activating group) is 1. The third-order valence-electron chi connectivity index (χ3n) is 9.92. The molecule has 0 saturated carbocycles. The fraction of sp³-hybridized carbons (Fsp3) is 0.886. The Morgan fingerprint density at radius 2 is 1.04 bits per heavy atom. The van der Waals surface area contributed by atoms with Gasteiger partial charge in [-0.05, 0) is 32.1 Å². The number of amides is 1. The molecule has 0 radical (unpaired) electrons. The molecule has 1 unspecified atom stereocenters. The predicted molar refractivity (Wildman–Crippen MR) is 226 cm³/mol. The van der Waals surface area contributed by atoms with E-state index in [1.54, 1.807) is 6.08 Å². The summed E-state index contributed by atoms with van der Waals surface area (Å²) >= 11 is 0. The highest BCUT2D eigenvalue weighted by Crippen LogP contribution is 2.43. The number of rotatable bonds is 40. The highest BCUT2D eigenvalue weighted by molar-refractivity contribution is 7.47. The minimum atomic E-state index is -4.34. The topological polar surface area (TPSA) is 105 Å². The second-order valence-corrected chi connectivity index (χ2v) is 17.9. The van der Waals surface area contributed by atoms with Crippen LogP contribution < -0.4 is 5.32 Å². The number of quaternary nitrogens is 1. The van der Waals surface area contributed by atoms with Crippen LogP contribution >= 0.6 is 7.82 Å². The lowest BCUT2D eigenvalue weighted by Crippen LogP contribution is -2.45. The molecule has 0 fully saturated rings. The molecule has 3 N–H and O–H groups in total. The van der Waals surface area contributed by atoms with Gasteiger partial charge in [-0.1, -0.05) is 186 Å². The standard InChI is InChI=1S/C44H87N2O6P/c1-6-8-10-12-14-16-18-19-20-21-22-23-24-25-26-28-30-32-34-36-38-44(48)45-42(41-52-53(49,50)51-40-39-46(3,4)5)43(47)37-35-33-31-29-27-17-15-13-11-9-7-2/h27,29,35,37,42-43,47H,6-26,28,30-34,36,38-41H2,1-5H3,(H-,45,48,49,50)/p+1/b29-27+,37-35+/t42-,43+/m0/s1. The molecular formula is C44H88N2O6P+. The lowest BCUT2D eigenvalue weighted by atomic mass is 10.0. The zero-order valence-corrected chi connectivity index (χ0v) is 36.4. The van der Waals surface area contributed by atoms with E-state index in [0.717, 1.165) is 38.5 Å². The highest BCUT2D eigenvalue weighted by atomic mass is 31.2. The lowest BCUT2D eigenvalue weighted by molar-refractivity contribution is -0.870. The molecule has 0 aliphatic rings. The fourth-order valence-corrected chi connectivity index (χ4v) is 7.09. The molecule has 0 aromatic heterocycles. The van der Waals surface area contributed by atoms with Crippen LogP contribution in [0.1, 0.15) is 200 Å². The summed E-state index contributed by atoms with van der Waals surface area (Å²) in [6.07, 6.45) is 42.5. The molecule has 8 nitrogen and oxygen atoms in total. The molecule has 0 saturated heterocycles. The first-order valence-electron chi connectivity index (χ1n) is 22.2. The monoisotopic (exact) mass is 772 g/mol. The first-order chi connectivity index (χ1) is 25.5. The van der Waals surface area contributed by atoms with Gasteiger partial charge < -0.3 is 19.8 Å². The molecule has 0 bridgehead atoms. The van der Waals surface area contributed by atoms with E-state index in [9.17, 15) is 19.4 Å². The molecule has 1 amide bonds. The highest BCUT2D eigenvalue weighted by Gasteiger charge is 2.27. The Bertz CT molecular complexity index is 922. The molecule has 9 heteroatoms. The molecule has 0 rings (SSSR count). The Kier molecular flexibility index (Phi) is 35.9. The van der Waals surface area contributed by atoms with Crippen molar-refractivity contribution < 1.29 is 32.9 Å².